The normalized spacial score (nSPS) is 27.3. The second-order valence-electron chi connectivity index (χ2n) is 3.90. The quantitative estimate of drug-likeness (QED) is 0.591. The first kappa shape index (κ1) is 11.5. The van der Waals surface area contributed by atoms with Crippen LogP contribution in [0.2, 0.25) is 0 Å². The predicted octanol–water partition coefficient (Wildman–Crippen LogP) is -0.140. The average Bonchev–Trinajstić information content (AvgIpc) is 2.25. The van der Waals surface area contributed by atoms with Crippen LogP contribution >= 0.6 is 0 Å². The lowest BCUT2D eigenvalue weighted by Crippen LogP contribution is -2.40. The van der Waals surface area contributed by atoms with Crippen LogP contribution < -0.4 is 11.1 Å². The van der Waals surface area contributed by atoms with E-state index in [9.17, 15) is 4.79 Å². The highest BCUT2D eigenvalue weighted by atomic mass is 16.3. The SMILES string of the molecule is NCC1CCCCC1C(=O)NCCO. The summed E-state index contributed by atoms with van der Waals surface area (Å²) >= 11 is 0. The molecule has 1 saturated carbocycles. The number of rotatable bonds is 4. The van der Waals surface area contributed by atoms with E-state index in [0.717, 1.165) is 19.3 Å². The van der Waals surface area contributed by atoms with Crippen LogP contribution in [-0.4, -0.2) is 30.7 Å². The fourth-order valence-electron chi connectivity index (χ4n) is 2.15. The van der Waals surface area contributed by atoms with E-state index < -0.39 is 0 Å². The van der Waals surface area contributed by atoms with Crippen molar-refractivity contribution in [1.82, 2.24) is 5.32 Å². The average molecular weight is 200 g/mol. The van der Waals surface area contributed by atoms with Gasteiger partial charge in [0.25, 0.3) is 0 Å². The van der Waals surface area contributed by atoms with E-state index in [4.69, 9.17) is 10.8 Å². The van der Waals surface area contributed by atoms with Crippen molar-refractivity contribution >= 4 is 5.91 Å². The van der Waals surface area contributed by atoms with Crippen LogP contribution in [0.25, 0.3) is 0 Å². The minimum absolute atomic E-state index is 0.00571. The summed E-state index contributed by atoms with van der Waals surface area (Å²) in [7, 11) is 0. The van der Waals surface area contributed by atoms with E-state index in [1.165, 1.54) is 6.42 Å². The van der Waals surface area contributed by atoms with Crippen LogP contribution in [0.4, 0.5) is 0 Å². The molecular weight excluding hydrogens is 180 g/mol. The van der Waals surface area contributed by atoms with E-state index in [1.807, 2.05) is 0 Å². The number of aliphatic hydroxyl groups excluding tert-OH is 1. The summed E-state index contributed by atoms with van der Waals surface area (Å²) in [6, 6.07) is 0. The Kier molecular flexibility index (Phi) is 4.90. The molecule has 1 rings (SSSR count). The zero-order chi connectivity index (χ0) is 10.4. The van der Waals surface area contributed by atoms with Crippen molar-refractivity contribution in [3.05, 3.63) is 0 Å². The summed E-state index contributed by atoms with van der Waals surface area (Å²) in [4.78, 5) is 11.6. The molecule has 2 unspecified atom stereocenters. The molecule has 1 aliphatic carbocycles. The monoisotopic (exact) mass is 200 g/mol. The minimum Gasteiger partial charge on any atom is -0.395 e. The van der Waals surface area contributed by atoms with Crippen molar-refractivity contribution in [1.29, 1.82) is 0 Å². The van der Waals surface area contributed by atoms with Crippen LogP contribution in [-0.2, 0) is 4.79 Å². The Morgan fingerprint density at radius 2 is 2.14 bits per heavy atom. The van der Waals surface area contributed by atoms with Gasteiger partial charge in [0.15, 0.2) is 0 Å². The van der Waals surface area contributed by atoms with E-state index in [1.54, 1.807) is 0 Å². The molecule has 2 atom stereocenters. The van der Waals surface area contributed by atoms with Gasteiger partial charge in [0, 0.05) is 12.5 Å². The lowest BCUT2D eigenvalue weighted by molar-refractivity contribution is -0.127. The Balaban J connectivity index is 2.41. The molecule has 82 valence electrons. The largest absolute Gasteiger partial charge is 0.395 e. The van der Waals surface area contributed by atoms with Gasteiger partial charge in [0.05, 0.1) is 6.61 Å². The fourth-order valence-corrected chi connectivity index (χ4v) is 2.15. The first-order chi connectivity index (χ1) is 6.79. The third kappa shape index (κ3) is 2.96. The first-order valence-electron chi connectivity index (χ1n) is 5.38. The molecule has 0 spiro atoms. The third-order valence-corrected chi connectivity index (χ3v) is 2.96. The van der Waals surface area contributed by atoms with Crippen molar-refractivity contribution in [2.45, 2.75) is 25.7 Å². The second kappa shape index (κ2) is 5.98. The van der Waals surface area contributed by atoms with Gasteiger partial charge < -0.3 is 16.2 Å². The highest BCUT2D eigenvalue weighted by molar-refractivity contribution is 5.79. The molecule has 0 aliphatic heterocycles. The molecule has 0 radical (unpaired) electrons. The standard InChI is InChI=1S/C10H20N2O2/c11-7-8-3-1-2-4-9(8)10(14)12-5-6-13/h8-9,13H,1-7,11H2,(H,12,14). The number of nitrogens with two attached hydrogens (primary N) is 1. The van der Waals surface area contributed by atoms with Gasteiger partial charge >= 0.3 is 0 Å². The first-order valence-corrected chi connectivity index (χ1v) is 5.38. The smallest absolute Gasteiger partial charge is 0.223 e. The molecule has 1 amide bonds. The molecule has 0 saturated heterocycles. The number of carbonyl (C=O) groups excluding carboxylic acids is 1. The zero-order valence-corrected chi connectivity index (χ0v) is 8.54. The van der Waals surface area contributed by atoms with Gasteiger partial charge in [0.2, 0.25) is 5.91 Å². The zero-order valence-electron chi connectivity index (χ0n) is 8.54. The van der Waals surface area contributed by atoms with Gasteiger partial charge in [-0.2, -0.15) is 0 Å². The summed E-state index contributed by atoms with van der Waals surface area (Å²) in [5.74, 6) is 0.469. The Labute approximate surface area is 84.9 Å². The molecular formula is C10H20N2O2. The topological polar surface area (TPSA) is 75.4 Å². The van der Waals surface area contributed by atoms with Gasteiger partial charge in [0.1, 0.15) is 0 Å². The van der Waals surface area contributed by atoms with Gasteiger partial charge in [-0.3, -0.25) is 4.79 Å². The second-order valence-corrected chi connectivity index (χ2v) is 3.90. The molecule has 0 bridgehead atoms. The number of hydrogen-bond donors (Lipinski definition) is 3. The van der Waals surface area contributed by atoms with Gasteiger partial charge in [-0.1, -0.05) is 12.8 Å². The maximum absolute atomic E-state index is 11.6. The Morgan fingerprint density at radius 1 is 1.43 bits per heavy atom. The minimum atomic E-state index is 0.00571. The van der Waals surface area contributed by atoms with E-state index in [-0.39, 0.29) is 18.4 Å². The van der Waals surface area contributed by atoms with Crippen molar-refractivity contribution in [2.24, 2.45) is 17.6 Å². The fraction of sp³-hybridized carbons (Fsp3) is 0.900. The van der Waals surface area contributed by atoms with Gasteiger partial charge in [-0.15, -0.1) is 0 Å². The molecule has 0 heterocycles. The summed E-state index contributed by atoms with van der Waals surface area (Å²) in [5.41, 5.74) is 5.63. The Morgan fingerprint density at radius 3 is 2.79 bits per heavy atom. The molecule has 14 heavy (non-hydrogen) atoms. The number of nitrogens with one attached hydrogen (secondary N) is 1. The lowest BCUT2D eigenvalue weighted by atomic mass is 9.79. The highest BCUT2D eigenvalue weighted by Crippen LogP contribution is 2.29. The predicted molar refractivity (Wildman–Crippen MR) is 54.6 cm³/mol. The van der Waals surface area contributed by atoms with Crippen molar-refractivity contribution < 1.29 is 9.90 Å². The molecule has 1 fully saturated rings. The lowest BCUT2D eigenvalue weighted by Gasteiger charge is -2.29. The highest BCUT2D eigenvalue weighted by Gasteiger charge is 2.29. The molecule has 0 aromatic heterocycles. The van der Waals surface area contributed by atoms with Crippen molar-refractivity contribution in [3.63, 3.8) is 0 Å². The summed E-state index contributed by atoms with van der Waals surface area (Å²) in [6.07, 6.45) is 4.31. The molecule has 1 aliphatic rings. The molecule has 4 nitrogen and oxygen atoms in total. The van der Waals surface area contributed by atoms with Crippen LogP contribution in [0, 0.1) is 11.8 Å². The van der Waals surface area contributed by atoms with Gasteiger partial charge in [-0.25, -0.2) is 0 Å². The molecule has 4 N–H and O–H groups in total. The van der Waals surface area contributed by atoms with Crippen molar-refractivity contribution in [2.75, 3.05) is 19.7 Å². The van der Waals surface area contributed by atoms with E-state index >= 15 is 0 Å². The van der Waals surface area contributed by atoms with Crippen molar-refractivity contribution in [3.8, 4) is 0 Å². The Hall–Kier alpha value is -0.610. The van der Waals surface area contributed by atoms with Gasteiger partial charge in [-0.05, 0) is 25.3 Å². The number of amides is 1. The number of hydrogen-bond acceptors (Lipinski definition) is 3. The van der Waals surface area contributed by atoms with Crippen LogP contribution in [0.5, 0.6) is 0 Å². The Bertz CT molecular complexity index is 185. The molecule has 0 aromatic rings. The molecule has 0 aromatic carbocycles. The summed E-state index contributed by atoms with van der Waals surface area (Å²) in [6.45, 7) is 0.954. The molecule has 4 heteroatoms. The number of carbonyl (C=O) groups is 1. The number of aliphatic hydroxyl groups is 1. The maximum Gasteiger partial charge on any atom is 0.223 e. The maximum atomic E-state index is 11.6. The van der Waals surface area contributed by atoms with Crippen LogP contribution in [0.3, 0.4) is 0 Å². The van der Waals surface area contributed by atoms with Crippen LogP contribution in [0.1, 0.15) is 25.7 Å². The summed E-state index contributed by atoms with van der Waals surface area (Å²) in [5, 5.41) is 11.3. The van der Waals surface area contributed by atoms with E-state index in [2.05, 4.69) is 5.32 Å². The summed E-state index contributed by atoms with van der Waals surface area (Å²) < 4.78 is 0. The van der Waals surface area contributed by atoms with E-state index in [0.29, 0.717) is 19.0 Å². The van der Waals surface area contributed by atoms with Crippen LogP contribution in [0.15, 0.2) is 0 Å². The third-order valence-electron chi connectivity index (χ3n) is 2.96.